The van der Waals surface area contributed by atoms with Crippen molar-refractivity contribution in [2.24, 2.45) is 7.05 Å². The molecular formula is C24H25F3N6O. The molecule has 3 aromatic rings. The molecule has 0 radical (unpaired) electrons. The molecule has 3 fully saturated rings. The molecule has 2 saturated heterocycles. The number of hydrogen-bond acceptors (Lipinski definition) is 6. The van der Waals surface area contributed by atoms with Gasteiger partial charge in [0.05, 0.1) is 30.3 Å². The highest BCUT2D eigenvalue weighted by Gasteiger charge is 2.54. The maximum atomic E-state index is 14.8. The third-order valence-corrected chi connectivity index (χ3v) is 7.14. The summed E-state index contributed by atoms with van der Waals surface area (Å²) in [5.41, 5.74) is 1.38. The van der Waals surface area contributed by atoms with Gasteiger partial charge in [0, 0.05) is 54.5 Å². The summed E-state index contributed by atoms with van der Waals surface area (Å²) < 4.78 is 44.9. The van der Waals surface area contributed by atoms with Crippen LogP contribution in [0.1, 0.15) is 32.1 Å². The highest BCUT2D eigenvalue weighted by Crippen LogP contribution is 2.44. The number of benzene rings is 1. The first-order chi connectivity index (χ1) is 16.3. The molecule has 7 nitrogen and oxygen atoms in total. The summed E-state index contributed by atoms with van der Waals surface area (Å²) in [6, 6.07) is 1.86. The molecular weight excluding hydrogens is 445 g/mol. The molecule has 2 aromatic heterocycles. The smallest absolute Gasteiger partial charge is 0.264 e. The van der Waals surface area contributed by atoms with Crippen molar-refractivity contribution in [3.63, 3.8) is 0 Å². The molecule has 2 bridgehead atoms. The van der Waals surface area contributed by atoms with Gasteiger partial charge in [0.1, 0.15) is 17.4 Å². The van der Waals surface area contributed by atoms with Crippen LogP contribution in [-0.4, -0.2) is 54.9 Å². The van der Waals surface area contributed by atoms with E-state index in [9.17, 15) is 18.3 Å². The van der Waals surface area contributed by atoms with E-state index in [4.69, 9.17) is 0 Å². The van der Waals surface area contributed by atoms with Crippen LogP contribution in [0.3, 0.4) is 0 Å². The Morgan fingerprint density at radius 3 is 2.56 bits per heavy atom. The fourth-order valence-corrected chi connectivity index (χ4v) is 5.42. The first-order valence-corrected chi connectivity index (χ1v) is 11.5. The van der Waals surface area contributed by atoms with Gasteiger partial charge in [-0.05, 0) is 37.8 Å². The SMILES string of the molecule is Cn1cc(-c2cc(O)c(-c3cnc(N(C4CC4)[C@@H]4CC5N[C@H](C4)CC5(F)F)cn3)cc2F)cn1. The third kappa shape index (κ3) is 3.70. The average molecular weight is 470 g/mol. The van der Waals surface area contributed by atoms with Gasteiger partial charge in [-0.15, -0.1) is 0 Å². The zero-order valence-corrected chi connectivity index (χ0v) is 18.6. The summed E-state index contributed by atoms with van der Waals surface area (Å²) >= 11 is 0. The molecule has 3 atom stereocenters. The topological polar surface area (TPSA) is 79.1 Å². The van der Waals surface area contributed by atoms with Crippen molar-refractivity contribution < 1.29 is 18.3 Å². The number of anilines is 1. The molecule has 0 spiro atoms. The van der Waals surface area contributed by atoms with Gasteiger partial charge >= 0.3 is 0 Å². The second-order valence-electron chi connectivity index (χ2n) is 9.66. The first kappa shape index (κ1) is 21.4. The summed E-state index contributed by atoms with van der Waals surface area (Å²) in [4.78, 5) is 11.2. The Kier molecular flexibility index (Phi) is 4.84. The van der Waals surface area contributed by atoms with Crippen LogP contribution in [0.5, 0.6) is 5.75 Å². The van der Waals surface area contributed by atoms with Gasteiger partial charge in [0.15, 0.2) is 0 Å². The molecule has 6 rings (SSSR count). The normalized spacial score (nSPS) is 25.5. The minimum Gasteiger partial charge on any atom is -0.507 e. The van der Waals surface area contributed by atoms with Gasteiger partial charge in [-0.3, -0.25) is 9.67 Å². The largest absolute Gasteiger partial charge is 0.507 e. The molecule has 2 N–H and O–H groups in total. The Labute approximate surface area is 194 Å². The summed E-state index contributed by atoms with van der Waals surface area (Å²) in [5.74, 6) is -2.66. The molecule has 1 saturated carbocycles. The molecule has 3 aliphatic rings. The van der Waals surface area contributed by atoms with Crippen molar-refractivity contribution in [1.29, 1.82) is 0 Å². The van der Waals surface area contributed by atoms with Gasteiger partial charge in [0.2, 0.25) is 0 Å². The van der Waals surface area contributed by atoms with E-state index in [-0.39, 0.29) is 41.4 Å². The molecule has 178 valence electrons. The van der Waals surface area contributed by atoms with E-state index < -0.39 is 17.8 Å². The number of fused-ring (bicyclic) bond motifs is 2. The number of nitrogens with one attached hydrogen (secondary N) is 1. The maximum Gasteiger partial charge on any atom is 0.264 e. The third-order valence-electron chi connectivity index (χ3n) is 7.14. The molecule has 10 heteroatoms. The zero-order valence-electron chi connectivity index (χ0n) is 18.6. The second-order valence-corrected chi connectivity index (χ2v) is 9.66. The van der Waals surface area contributed by atoms with E-state index in [1.165, 1.54) is 24.5 Å². The average Bonchev–Trinajstić information content (AvgIpc) is 3.49. The highest BCUT2D eigenvalue weighted by molar-refractivity contribution is 5.74. The van der Waals surface area contributed by atoms with E-state index in [1.54, 1.807) is 24.1 Å². The van der Waals surface area contributed by atoms with E-state index in [0.29, 0.717) is 29.9 Å². The lowest BCUT2D eigenvalue weighted by molar-refractivity contribution is -0.0129. The number of hydrogen-bond donors (Lipinski definition) is 2. The van der Waals surface area contributed by atoms with Crippen molar-refractivity contribution in [3.8, 4) is 28.1 Å². The molecule has 4 heterocycles. The van der Waals surface area contributed by atoms with Crippen LogP contribution >= 0.6 is 0 Å². The van der Waals surface area contributed by atoms with Crippen molar-refractivity contribution in [1.82, 2.24) is 25.1 Å². The van der Waals surface area contributed by atoms with Gasteiger partial charge in [-0.1, -0.05) is 0 Å². The lowest BCUT2D eigenvalue weighted by Gasteiger charge is -2.38. The number of aromatic hydroxyl groups is 1. The maximum absolute atomic E-state index is 14.8. The number of halogens is 3. The molecule has 1 aromatic carbocycles. The molecule has 34 heavy (non-hydrogen) atoms. The minimum absolute atomic E-state index is 0.0260. The summed E-state index contributed by atoms with van der Waals surface area (Å²) in [7, 11) is 1.73. The molecule has 1 unspecified atom stereocenters. The van der Waals surface area contributed by atoms with Gasteiger partial charge in [0.25, 0.3) is 5.92 Å². The lowest BCUT2D eigenvalue weighted by atomic mass is 9.97. The standard InChI is InChI=1S/C24H25F3N6O/c1-32-12-13(9-30-32)17-7-21(34)18(6-19(17)25)20-10-29-23(11-28-20)33(15-2-3-15)16-4-14-8-24(26,27)22(5-16)31-14/h6-7,9-12,14-16,22,31,34H,2-5,8H2,1H3/t14-,16+,22?/m1/s1. The van der Waals surface area contributed by atoms with Crippen LogP contribution in [0, 0.1) is 5.82 Å². The summed E-state index contributed by atoms with van der Waals surface area (Å²) in [6.07, 6.45) is 9.20. The Balaban J connectivity index is 1.27. The quantitative estimate of drug-likeness (QED) is 0.589. The first-order valence-electron chi connectivity index (χ1n) is 11.5. The number of aryl methyl sites for hydroxylation is 1. The Morgan fingerprint density at radius 1 is 1.09 bits per heavy atom. The van der Waals surface area contributed by atoms with E-state index in [2.05, 4.69) is 25.3 Å². The van der Waals surface area contributed by atoms with Crippen molar-refractivity contribution in [2.45, 2.75) is 62.2 Å². The lowest BCUT2D eigenvalue weighted by Crippen LogP contribution is -2.51. The molecule has 1 aliphatic carbocycles. The highest BCUT2D eigenvalue weighted by atomic mass is 19.3. The van der Waals surface area contributed by atoms with E-state index in [1.807, 2.05) is 0 Å². The van der Waals surface area contributed by atoms with E-state index >= 15 is 0 Å². The second kappa shape index (κ2) is 7.69. The predicted molar refractivity (Wildman–Crippen MR) is 120 cm³/mol. The Morgan fingerprint density at radius 2 is 1.91 bits per heavy atom. The van der Waals surface area contributed by atoms with Crippen LogP contribution < -0.4 is 10.2 Å². The monoisotopic (exact) mass is 470 g/mol. The van der Waals surface area contributed by atoms with Crippen molar-refractivity contribution in [2.75, 3.05) is 4.90 Å². The predicted octanol–water partition coefficient (Wildman–Crippen LogP) is 3.89. The summed E-state index contributed by atoms with van der Waals surface area (Å²) in [6.45, 7) is 0. The van der Waals surface area contributed by atoms with Gasteiger partial charge in [-0.25, -0.2) is 18.2 Å². The fourth-order valence-electron chi connectivity index (χ4n) is 5.42. The number of phenols is 1. The van der Waals surface area contributed by atoms with Crippen LogP contribution in [0.25, 0.3) is 22.4 Å². The number of aromatic nitrogens is 4. The van der Waals surface area contributed by atoms with Crippen LogP contribution in [0.4, 0.5) is 19.0 Å². The number of phenolic OH excluding ortho intramolecular Hbond substituents is 1. The number of nitrogens with zero attached hydrogens (tertiary/aromatic N) is 5. The summed E-state index contributed by atoms with van der Waals surface area (Å²) in [5, 5.41) is 17.7. The fraction of sp³-hybridized carbons (Fsp3) is 0.458. The number of rotatable bonds is 5. The van der Waals surface area contributed by atoms with Crippen LogP contribution in [0.15, 0.2) is 36.9 Å². The van der Waals surface area contributed by atoms with Crippen molar-refractivity contribution >= 4 is 5.82 Å². The van der Waals surface area contributed by atoms with Crippen LogP contribution in [0.2, 0.25) is 0 Å². The number of alkyl halides is 2. The molecule has 2 aliphatic heterocycles. The molecule has 0 amide bonds. The number of piperidine rings is 1. The minimum atomic E-state index is -2.67. The zero-order chi connectivity index (χ0) is 23.6. The Hall–Kier alpha value is -3.14. The van der Waals surface area contributed by atoms with E-state index in [0.717, 1.165) is 12.8 Å². The van der Waals surface area contributed by atoms with Crippen LogP contribution in [-0.2, 0) is 7.05 Å². The van der Waals surface area contributed by atoms with Gasteiger partial charge in [-0.2, -0.15) is 5.10 Å². The Bertz CT molecular complexity index is 1230. The van der Waals surface area contributed by atoms with Gasteiger partial charge < -0.3 is 15.3 Å². The van der Waals surface area contributed by atoms with Crippen molar-refractivity contribution in [3.05, 3.63) is 42.7 Å².